The zero-order valence-corrected chi connectivity index (χ0v) is 76.7. The average Bonchev–Trinajstić information content (AvgIpc) is 1.71. The zero-order chi connectivity index (χ0) is 82.2. The van der Waals surface area contributed by atoms with E-state index in [0.29, 0.717) is 84.3 Å². The summed E-state index contributed by atoms with van der Waals surface area (Å²) in [6.07, 6.45) is -0.833. The van der Waals surface area contributed by atoms with E-state index >= 15 is 0 Å². The molecule has 0 atom stereocenters. The Balaban J connectivity index is 0.00000167. The van der Waals surface area contributed by atoms with E-state index in [4.69, 9.17) is 139 Å². The van der Waals surface area contributed by atoms with Crippen LogP contribution in [0.15, 0.2) is 146 Å². The molecule has 0 aliphatic carbocycles. The fraction of sp³-hybridized carbons (Fsp3) is 0.368. The van der Waals surface area contributed by atoms with E-state index in [9.17, 15) is 30.6 Å². The molecule has 0 spiro atoms. The largest absolute Gasteiger partial charge is 4.00 e. The smallest absolute Gasteiger partial charge is 2.00 e. The number of nitrogens with zero attached hydrogens (tertiary/aromatic N) is 16. The molecule has 8 aromatic carbocycles. The number of fused-ring (bicyclic) bond motifs is 4. The minimum Gasteiger partial charge on any atom is -2.00 e. The van der Waals surface area contributed by atoms with Crippen LogP contribution in [-0.2, 0) is 75.1 Å². The number of hydrogen-bond donors (Lipinski definition) is 0. The number of likely N-dealkylation sites (N-methyl/N-ethyl adjacent to an activating group) is 2. The number of hydrogen-bond acceptors (Lipinski definition) is 18. The Morgan fingerprint density at radius 2 is 0.442 bits per heavy atom. The van der Waals surface area contributed by atoms with Gasteiger partial charge in [0.15, 0.2) is 0 Å². The number of halogens is 12. The molecule has 0 saturated carbocycles. The van der Waals surface area contributed by atoms with Gasteiger partial charge in [0.25, 0.3) is 0 Å². The number of benzene rings is 8. The maximum atomic E-state index is 13.8. The Morgan fingerprint density at radius 1 is 0.301 bits per heavy atom. The molecule has 0 amide bonds. The van der Waals surface area contributed by atoms with Crippen LogP contribution in [0, 0.1) is 27.7 Å². The van der Waals surface area contributed by atoms with Gasteiger partial charge in [-0.2, -0.15) is 19.2 Å². The minimum absolute atomic E-state index is 0. The van der Waals surface area contributed by atoms with Gasteiger partial charge < -0.3 is 45.9 Å². The predicted molar refractivity (Wildman–Crippen MR) is 448 cm³/mol. The van der Waals surface area contributed by atoms with Gasteiger partial charge >= 0.3 is 43.4 Å². The summed E-state index contributed by atoms with van der Waals surface area (Å²) in [6, 6.07) is 45.1. The molecule has 0 unspecified atom stereocenters. The molecular weight excluding hydrogens is 1770 g/mol. The van der Waals surface area contributed by atoms with Gasteiger partial charge in [-0.25, -0.2) is 0 Å². The van der Waals surface area contributed by atoms with Gasteiger partial charge in [0.05, 0.1) is 54.8 Å². The molecule has 0 N–H and O–H groups in total. The first-order chi connectivity index (χ1) is 52.4. The summed E-state index contributed by atoms with van der Waals surface area (Å²) in [4.78, 5) is 14.2. The first kappa shape index (κ1) is 108. The Morgan fingerprint density at radius 3 is 0.575 bits per heavy atom. The zero-order valence-electron chi connectivity index (χ0n) is 64.5. The van der Waals surface area contributed by atoms with E-state index in [1.165, 1.54) is 19.2 Å². The van der Waals surface area contributed by atoms with Crippen LogP contribution in [0.1, 0.15) is 72.2 Å². The van der Waals surface area contributed by atoms with Gasteiger partial charge in [-0.15, -0.1) is 192 Å². The fourth-order valence-corrected chi connectivity index (χ4v) is 10.3. The summed E-state index contributed by atoms with van der Waals surface area (Å²) in [5.74, 6) is -0.517. The summed E-state index contributed by atoms with van der Waals surface area (Å²) in [7, 11) is 8.03. The van der Waals surface area contributed by atoms with Gasteiger partial charge in [0.1, 0.15) is 44.1 Å². The normalized spacial score (nSPS) is 10.4. The molecule has 0 fully saturated rings. The molecule has 113 heavy (non-hydrogen) atoms. The summed E-state index contributed by atoms with van der Waals surface area (Å²) in [6.45, 7) is 18.6. The van der Waals surface area contributed by atoms with E-state index in [0.717, 1.165) is 79.5 Å². The predicted octanol–water partition coefficient (Wildman–Crippen LogP) is 14.9. The standard InChI is InChI=1S/2C32H34N8O2.2C3H7O.6CH2Cl2.O.2Ti/c2*1-21-15-23(31(41)29(17-21)39-33-25-9-5-6-10-26(25)34-39)19-38(14-13-37(3)4)20-24-16-22(2)18-30(32(24)42)40-35-27-11-7-8-12-28(27)36-40;2*1-3(2)4;6*2-1-3;;;/h2*5-12,15-18,41-42H,13-14,19-20H2,1-4H3;2*3H,1-2H3;6*1H2;;;/q;;2*-1;;;;;;;-2;2*+4/p-4. The van der Waals surface area contributed by atoms with Crippen LogP contribution in [-0.4, -0.2) is 178 Å². The van der Waals surface area contributed by atoms with Crippen molar-refractivity contribution in [2.24, 2.45) is 0 Å². The van der Waals surface area contributed by atoms with Crippen molar-refractivity contribution in [1.29, 1.82) is 0 Å². The van der Waals surface area contributed by atoms with E-state index in [-0.39, 0.29) is 104 Å². The molecule has 608 valence electrons. The Bertz CT molecular complexity index is 3950. The summed E-state index contributed by atoms with van der Waals surface area (Å²) >= 11 is 57.2. The van der Waals surface area contributed by atoms with E-state index in [1.54, 1.807) is 27.7 Å². The van der Waals surface area contributed by atoms with Crippen LogP contribution >= 0.6 is 139 Å². The molecular formula is C76H90Cl12N16O7Ti2. The summed E-state index contributed by atoms with van der Waals surface area (Å²) in [5, 5.41) is 112. The van der Waals surface area contributed by atoms with Crippen LogP contribution in [0.5, 0.6) is 23.0 Å². The van der Waals surface area contributed by atoms with Crippen molar-refractivity contribution in [3.8, 4) is 45.7 Å². The number of aromatic nitrogens is 12. The van der Waals surface area contributed by atoms with Crippen molar-refractivity contribution in [2.45, 2.75) is 93.8 Å². The third-order valence-corrected chi connectivity index (χ3v) is 14.5. The van der Waals surface area contributed by atoms with Gasteiger partial charge in [0, 0.05) is 52.4 Å². The van der Waals surface area contributed by atoms with Crippen LogP contribution in [0.4, 0.5) is 0 Å². The molecule has 4 heterocycles. The molecule has 0 saturated heterocycles. The summed E-state index contributed by atoms with van der Waals surface area (Å²) < 4.78 is 0. The average molecular weight is 1860 g/mol. The SMILES string of the molecule is CC(C)[O-].CC(C)[O-].Cc1cc(CN(CCN(C)C)Cc2cc(C)cc(-n3nc4ccccc4n3)c2[O-])c([O-])c(-n2nc3ccccc3n2)c1.Cc1cc(CN(CCN(C)C)Cc2cc(C)cc(-n3nc4ccccc4n3)c2[O-])c([O-])c(-n2nc3ccccc3n2)c1.ClCCl.ClCCl.ClCCl.ClCCl.ClCCl.ClCCl.[O-2].[Ti+4].[Ti+4]. The maximum Gasteiger partial charge on any atom is 4.00 e. The first-order valence-corrected chi connectivity index (χ1v) is 40.2. The molecule has 12 aromatic rings. The van der Waals surface area contributed by atoms with Gasteiger partial charge in [-0.1, -0.05) is 123 Å². The van der Waals surface area contributed by atoms with E-state index in [2.05, 4.69) is 60.4 Å². The fourth-order valence-electron chi connectivity index (χ4n) is 10.3. The maximum absolute atomic E-state index is 13.8. The third-order valence-electron chi connectivity index (χ3n) is 14.5. The number of alkyl halides is 12. The van der Waals surface area contributed by atoms with Crippen molar-refractivity contribution in [3.05, 3.63) is 190 Å². The first-order valence-electron chi connectivity index (χ1n) is 33.7. The van der Waals surface area contributed by atoms with E-state index < -0.39 is 12.2 Å². The second-order valence-corrected chi connectivity index (χ2v) is 29.6. The second-order valence-electron chi connectivity index (χ2n) is 24.7. The van der Waals surface area contributed by atoms with Crippen LogP contribution in [0.25, 0.3) is 66.9 Å². The quantitative estimate of drug-likeness (QED) is 0.0569. The van der Waals surface area contributed by atoms with Crippen LogP contribution < -0.4 is 30.6 Å². The van der Waals surface area contributed by atoms with Crippen LogP contribution in [0.2, 0.25) is 0 Å². The van der Waals surface area contributed by atoms with Crippen molar-refractivity contribution in [3.63, 3.8) is 0 Å². The van der Waals surface area contributed by atoms with E-state index in [1.807, 2.05) is 201 Å². The van der Waals surface area contributed by atoms with Crippen molar-refractivity contribution >= 4 is 183 Å². The minimum atomic E-state index is -0.417. The number of rotatable bonds is 18. The van der Waals surface area contributed by atoms with Crippen molar-refractivity contribution in [2.75, 3.05) is 86.4 Å². The molecule has 4 aromatic heterocycles. The van der Waals surface area contributed by atoms with Crippen LogP contribution in [0.3, 0.4) is 0 Å². The molecule has 0 bridgehead atoms. The van der Waals surface area contributed by atoms with Gasteiger partial charge in [-0.05, 0) is 173 Å². The van der Waals surface area contributed by atoms with Gasteiger partial charge in [0.2, 0.25) is 0 Å². The molecule has 0 radical (unpaired) electrons. The van der Waals surface area contributed by atoms with Crippen molar-refractivity contribution < 1.29 is 79.6 Å². The molecule has 37 heteroatoms. The van der Waals surface area contributed by atoms with Crippen molar-refractivity contribution in [1.82, 2.24) is 79.6 Å². The molecule has 23 nitrogen and oxygen atoms in total. The van der Waals surface area contributed by atoms with Gasteiger partial charge in [-0.3, -0.25) is 9.80 Å². The molecule has 12 rings (SSSR count). The molecule has 0 aliphatic heterocycles. The monoisotopic (exact) mass is 1850 g/mol. The topological polar surface area (TPSA) is 303 Å². The third kappa shape index (κ3) is 37.8. The second kappa shape index (κ2) is 59.0. The Hall–Kier alpha value is -4.81. The molecule has 0 aliphatic rings. The Kier molecular flexibility index (Phi) is 56.4. The number of aryl methyl sites for hydroxylation is 4. The summed E-state index contributed by atoms with van der Waals surface area (Å²) in [5.41, 5.74) is 13.7. The Labute approximate surface area is 751 Å².